The molecule has 0 bridgehead atoms. The average molecular weight is 162 g/mol. The van der Waals surface area contributed by atoms with Crippen LogP contribution in [0.2, 0.25) is 0 Å². The van der Waals surface area contributed by atoms with Crippen molar-refractivity contribution in [2.75, 3.05) is 6.61 Å². The summed E-state index contributed by atoms with van der Waals surface area (Å²) < 4.78 is 5.24. The predicted octanol–water partition coefficient (Wildman–Crippen LogP) is 3.05. The molecule has 0 saturated carbocycles. The van der Waals surface area contributed by atoms with Crippen LogP contribution in [-0.2, 0) is 0 Å². The SMILES string of the molecule is C=C.C=CCOc1ccccc1. The Morgan fingerprint density at radius 3 is 2.25 bits per heavy atom. The van der Waals surface area contributed by atoms with Gasteiger partial charge >= 0.3 is 0 Å². The number of benzene rings is 1. The lowest BCUT2D eigenvalue weighted by atomic mass is 10.3. The Labute approximate surface area is 74.0 Å². The smallest absolute Gasteiger partial charge is 0.119 e. The normalized spacial score (nSPS) is 7.67. The number of hydrogen-bond donors (Lipinski definition) is 0. The molecule has 0 unspecified atom stereocenters. The standard InChI is InChI=1S/C9H10O.C2H4/c1-2-8-10-9-6-4-3-5-7-9;1-2/h2-7H,1,8H2;1-2H2. The molecule has 0 heterocycles. The Bertz CT molecular complexity index is 204. The topological polar surface area (TPSA) is 9.23 Å². The van der Waals surface area contributed by atoms with Gasteiger partial charge in [-0.25, -0.2) is 0 Å². The van der Waals surface area contributed by atoms with Crippen molar-refractivity contribution in [3.63, 3.8) is 0 Å². The van der Waals surface area contributed by atoms with E-state index in [1.165, 1.54) is 0 Å². The van der Waals surface area contributed by atoms with E-state index < -0.39 is 0 Å². The van der Waals surface area contributed by atoms with Crippen LogP contribution in [0.15, 0.2) is 56.1 Å². The Balaban J connectivity index is 0.000000561. The molecular weight excluding hydrogens is 148 g/mol. The minimum absolute atomic E-state index is 0.573. The van der Waals surface area contributed by atoms with Crippen LogP contribution in [-0.4, -0.2) is 6.61 Å². The second-order valence-corrected chi connectivity index (χ2v) is 1.91. The lowest BCUT2D eigenvalue weighted by molar-refractivity contribution is 0.363. The molecule has 0 radical (unpaired) electrons. The van der Waals surface area contributed by atoms with Crippen LogP contribution in [0.25, 0.3) is 0 Å². The molecule has 12 heavy (non-hydrogen) atoms. The van der Waals surface area contributed by atoms with E-state index in [1.54, 1.807) is 6.08 Å². The van der Waals surface area contributed by atoms with Gasteiger partial charge in [0.15, 0.2) is 0 Å². The molecule has 0 fully saturated rings. The van der Waals surface area contributed by atoms with E-state index in [2.05, 4.69) is 19.7 Å². The van der Waals surface area contributed by atoms with Crippen LogP contribution in [0.1, 0.15) is 0 Å². The second-order valence-electron chi connectivity index (χ2n) is 1.91. The van der Waals surface area contributed by atoms with E-state index in [4.69, 9.17) is 4.74 Å². The molecule has 0 aliphatic rings. The third-order valence-electron chi connectivity index (χ3n) is 1.11. The molecule has 1 aromatic rings. The van der Waals surface area contributed by atoms with Crippen molar-refractivity contribution in [2.45, 2.75) is 0 Å². The van der Waals surface area contributed by atoms with Crippen LogP contribution in [0.3, 0.4) is 0 Å². The molecule has 0 aliphatic heterocycles. The van der Waals surface area contributed by atoms with Gasteiger partial charge in [-0.2, -0.15) is 0 Å². The summed E-state index contributed by atoms with van der Waals surface area (Å²) in [6.45, 7) is 10.1. The van der Waals surface area contributed by atoms with Gasteiger partial charge in [0.05, 0.1) is 0 Å². The summed E-state index contributed by atoms with van der Waals surface area (Å²) in [6, 6.07) is 9.69. The first kappa shape index (κ1) is 10.5. The van der Waals surface area contributed by atoms with E-state index in [9.17, 15) is 0 Å². The molecule has 0 aliphatic carbocycles. The first-order valence-electron chi connectivity index (χ1n) is 3.72. The zero-order valence-electron chi connectivity index (χ0n) is 7.20. The van der Waals surface area contributed by atoms with Crippen LogP contribution in [0.4, 0.5) is 0 Å². The van der Waals surface area contributed by atoms with E-state index in [0.29, 0.717) is 6.61 Å². The van der Waals surface area contributed by atoms with E-state index in [-0.39, 0.29) is 0 Å². The van der Waals surface area contributed by atoms with E-state index in [1.807, 2.05) is 30.3 Å². The first-order chi connectivity index (χ1) is 5.93. The molecule has 1 heteroatoms. The molecule has 1 aromatic carbocycles. The van der Waals surface area contributed by atoms with Gasteiger partial charge < -0.3 is 4.74 Å². The van der Waals surface area contributed by atoms with Crippen LogP contribution >= 0.6 is 0 Å². The van der Waals surface area contributed by atoms with E-state index >= 15 is 0 Å². The van der Waals surface area contributed by atoms with Crippen molar-refractivity contribution in [3.8, 4) is 5.75 Å². The van der Waals surface area contributed by atoms with Crippen molar-refractivity contribution in [3.05, 3.63) is 56.1 Å². The maximum atomic E-state index is 5.24. The lowest BCUT2D eigenvalue weighted by Gasteiger charge is -1.99. The monoisotopic (exact) mass is 162 g/mol. The largest absolute Gasteiger partial charge is 0.490 e. The molecule has 64 valence electrons. The van der Waals surface area contributed by atoms with Gasteiger partial charge in [0, 0.05) is 0 Å². The minimum atomic E-state index is 0.573. The molecular formula is C11H14O. The summed E-state index contributed by atoms with van der Waals surface area (Å²) in [5.41, 5.74) is 0. The zero-order chi connectivity index (χ0) is 9.23. The van der Waals surface area contributed by atoms with Gasteiger partial charge in [0.25, 0.3) is 0 Å². The maximum absolute atomic E-state index is 5.24. The number of hydrogen-bond acceptors (Lipinski definition) is 1. The van der Waals surface area contributed by atoms with E-state index in [0.717, 1.165) is 5.75 Å². The average Bonchev–Trinajstić information content (AvgIpc) is 2.19. The molecule has 0 amide bonds. The molecule has 0 aromatic heterocycles. The highest BCUT2D eigenvalue weighted by molar-refractivity contribution is 5.20. The van der Waals surface area contributed by atoms with Gasteiger partial charge in [-0.1, -0.05) is 30.9 Å². The minimum Gasteiger partial charge on any atom is -0.490 e. The summed E-state index contributed by atoms with van der Waals surface area (Å²) in [6.07, 6.45) is 1.73. The fraction of sp³-hybridized carbons (Fsp3) is 0.0909. The zero-order valence-corrected chi connectivity index (χ0v) is 7.20. The first-order valence-corrected chi connectivity index (χ1v) is 3.72. The summed E-state index contributed by atoms with van der Waals surface area (Å²) in [7, 11) is 0. The number of rotatable bonds is 3. The molecule has 0 atom stereocenters. The van der Waals surface area contributed by atoms with Crippen molar-refractivity contribution in [2.24, 2.45) is 0 Å². The third-order valence-corrected chi connectivity index (χ3v) is 1.11. The van der Waals surface area contributed by atoms with Gasteiger partial charge in [-0.3, -0.25) is 0 Å². The van der Waals surface area contributed by atoms with Crippen molar-refractivity contribution in [1.82, 2.24) is 0 Å². The van der Waals surface area contributed by atoms with Crippen molar-refractivity contribution >= 4 is 0 Å². The predicted molar refractivity (Wildman–Crippen MR) is 53.4 cm³/mol. The summed E-state index contributed by atoms with van der Waals surface area (Å²) in [5, 5.41) is 0. The van der Waals surface area contributed by atoms with Gasteiger partial charge in [0.1, 0.15) is 12.4 Å². The van der Waals surface area contributed by atoms with Crippen molar-refractivity contribution < 1.29 is 4.74 Å². The molecule has 1 rings (SSSR count). The van der Waals surface area contributed by atoms with Crippen LogP contribution < -0.4 is 4.74 Å². The molecule has 0 spiro atoms. The Morgan fingerprint density at radius 1 is 1.17 bits per heavy atom. The van der Waals surface area contributed by atoms with Gasteiger partial charge in [-0.05, 0) is 12.1 Å². The maximum Gasteiger partial charge on any atom is 0.119 e. The van der Waals surface area contributed by atoms with Crippen LogP contribution in [0, 0.1) is 0 Å². The third kappa shape index (κ3) is 4.34. The second kappa shape index (κ2) is 7.61. The summed E-state index contributed by atoms with van der Waals surface area (Å²) >= 11 is 0. The quantitative estimate of drug-likeness (QED) is 0.621. The summed E-state index contributed by atoms with van der Waals surface area (Å²) in [4.78, 5) is 0. The lowest BCUT2D eigenvalue weighted by Crippen LogP contribution is -1.91. The highest BCUT2D eigenvalue weighted by Gasteiger charge is 1.84. The Kier molecular flexibility index (Phi) is 6.65. The molecule has 1 nitrogen and oxygen atoms in total. The van der Waals surface area contributed by atoms with Crippen molar-refractivity contribution in [1.29, 1.82) is 0 Å². The molecule has 0 N–H and O–H groups in total. The van der Waals surface area contributed by atoms with Gasteiger partial charge in [-0.15, -0.1) is 13.2 Å². The highest BCUT2D eigenvalue weighted by atomic mass is 16.5. The van der Waals surface area contributed by atoms with Gasteiger partial charge in [0.2, 0.25) is 0 Å². The number of para-hydroxylation sites is 1. The fourth-order valence-electron chi connectivity index (χ4n) is 0.672. The summed E-state index contributed by atoms with van der Waals surface area (Å²) in [5.74, 6) is 0.891. The fourth-order valence-corrected chi connectivity index (χ4v) is 0.672. The highest BCUT2D eigenvalue weighted by Crippen LogP contribution is 2.07. The van der Waals surface area contributed by atoms with Crippen LogP contribution in [0.5, 0.6) is 5.75 Å². The Hall–Kier alpha value is -1.50. The molecule has 0 saturated heterocycles. The number of ether oxygens (including phenoxy) is 1. The Morgan fingerprint density at radius 2 is 1.75 bits per heavy atom.